The third-order valence-corrected chi connectivity index (χ3v) is 3.73. The highest BCUT2D eigenvalue weighted by Crippen LogP contribution is 2.23. The zero-order chi connectivity index (χ0) is 14.7. The molecule has 7 heteroatoms. The molecule has 0 spiro atoms. The largest absolute Gasteiger partial charge is 0.455 e. The molecule has 0 saturated heterocycles. The summed E-state index contributed by atoms with van der Waals surface area (Å²) in [5.41, 5.74) is 1.71. The first-order valence-electron chi connectivity index (χ1n) is 6.16. The Morgan fingerprint density at radius 3 is 2.90 bits per heavy atom. The summed E-state index contributed by atoms with van der Waals surface area (Å²) in [7, 11) is 0. The van der Waals surface area contributed by atoms with Crippen LogP contribution in [0.4, 0.5) is 10.7 Å². The quantitative estimate of drug-likeness (QED) is 0.493. The van der Waals surface area contributed by atoms with E-state index in [2.05, 4.69) is 4.99 Å². The number of ether oxygens (including phenoxy) is 1. The number of aliphatic imine (C=N–C) groups is 1. The third kappa shape index (κ3) is 3.09. The van der Waals surface area contributed by atoms with Crippen LogP contribution in [0.2, 0.25) is 0 Å². The molecule has 0 saturated carbocycles. The Hall–Kier alpha value is -2.67. The fraction of sp³-hybridized carbons (Fsp3) is 0.0714. The lowest BCUT2D eigenvalue weighted by Gasteiger charge is -2.11. The van der Waals surface area contributed by atoms with Gasteiger partial charge in [-0.2, -0.15) is 0 Å². The van der Waals surface area contributed by atoms with Gasteiger partial charge in [0.15, 0.2) is 6.73 Å². The molecule has 2 aromatic rings. The topological polar surface area (TPSA) is 68.0 Å². The van der Waals surface area contributed by atoms with Gasteiger partial charge in [-0.1, -0.05) is 29.5 Å². The van der Waals surface area contributed by atoms with Crippen molar-refractivity contribution >= 4 is 28.2 Å². The van der Waals surface area contributed by atoms with Crippen LogP contribution >= 0.6 is 11.3 Å². The summed E-state index contributed by atoms with van der Waals surface area (Å²) in [4.78, 5) is 16.3. The molecule has 1 aliphatic heterocycles. The minimum atomic E-state index is -0.412. The van der Waals surface area contributed by atoms with Crippen molar-refractivity contribution in [2.45, 2.75) is 0 Å². The molecular formula is C14H11N3O3S. The van der Waals surface area contributed by atoms with Gasteiger partial charge in [0.05, 0.1) is 11.1 Å². The number of para-hydroxylation sites is 1. The smallest absolute Gasteiger partial charge is 0.324 e. The summed E-state index contributed by atoms with van der Waals surface area (Å²) in [6.07, 6.45) is 3.36. The molecule has 6 nitrogen and oxygen atoms in total. The maximum Gasteiger partial charge on any atom is 0.324 e. The van der Waals surface area contributed by atoms with Gasteiger partial charge in [-0.25, -0.2) is 4.99 Å². The first-order valence-corrected chi connectivity index (χ1v) is 7.03. The van der Waals surface area contributed by atoms with E-state index in [0.717, 1.165) is 17.0 Å². The van der Waals surface area contributed by atoms with Crippen molar-refractivity contribution in [3.05, 3.63) is 69.5 Å². The summed E-state index contributed by atoms with van der Waals surface area (Å²) in [6.45, 7) is 0.403. The Morgan fingerprint density at radius 2 is 2.19 bits per heavy atom. The van der Waals surface area contributed by atoms with Gasteiger partial charge < -0.3 is 9.64 Å². The number of anilines is 1. The lowest BCUT2D eigenvalue weighted by atomic mass is 10.3. The molecule has 0 fully saturated rings. The van der Waals surface area contributed by atoms with Crippen molar-refractivity contribution in [2.24, 2.45) is 4.99 Å². The second kappa shape index (κ2) is 5.76. The summed E-state index contributed by atoms with van der Waals surface area (Å²) < 4.78 is 5.45. The second-order valence-corrected chi connectivity index (χ2v) is 5.17. The Kier molecular flexibility index (Phi) is 3.65. The van der Waals surface area contributed by atoms with E-state index in [-0.39, 0.29) is 5.00 Å². The molecule has 0 N–H and O–H groups in total. The highest BCUT2D eigenvalue weighted by molar-refractivity contribution is 7.13. The van der Waals surface area contributed by atoms with E-state index in [1.807, 2.05) is 35.2 Å². The molecule has 0 radical (unpaired) electrons. The first kappa shape index (κ1) is 13.3. The molecule has 1 aliphatic rings. The minimum Gasteiger partial charge on any atom is -0.455 e. The van der Waals surface area contributed by atoms with E-state index in [9.17, 15) is 10.1 Å². The number of rotatable bonds is 4. The van der Waals surface area contributed by atoms with Gasteiger partial charge in [-0.05, 0) is 12.1 Å². The van der Waals surface area contributed by atoms with Crippen LogP contribution in [-0.2, 0) is 4.74 Å². The Balaban J connectivity index is 1.70. The molecule has 21 heavy (non-hydrogen) atoms. The zero-order valence-electron chi connectivity index (χ0n) is 10.9. The van der Waals surface area contributed by atoms with E-state index < -0.39 is 4.92 Å². The summed E-state index contributed by atoms with van der Waals surface area (Å²) >= 11 is 1.08. The first-order chi connectivity index (χ1) is 10.2. The number of hydrogen-bond acceptors (Lipinski definition) is 6. The Morgan fingerprint density at radius 1 is 1.38 bits per heavy atom. The van der Waals surface area contributed by atoms with Gasteiger partial charge in [0.2, 0.25) is 5.88 Å². The normalized spacial score (nSPS) is 14.3. The van der Waals surface area contributed by atoms with E-state index in [1.165, 1.54) is 6.07 Å². The zero-order valence-corrected chi connectivity index (χ0v) is 11.7. The van der Waals surface area contributed by atoms with Crippen molar-refractivity contribution < 1.29 is 9.66 Å². The summed E-state index contributed by atoms with van der Waals surface area (Å²) in [5.74, 6) is 0.479. The van der Waals surface area contributed by atoms with Crippen LogP contribution in [0.1, 0.15) is 5.56 Å². The average Bonchev–Trinajstić information content (AvgIpc) is 3.15. The predicted molar refractivity (Wildman–Crippen MR) is 81.5 cm³/mol. The summed E-state index contributed by atoms with van der Waals surface area (Å²) in [6, 6.07) is 11.3. The monoisotopic (exact) mass is 301 g/mol. The maximum absolute atomic E-state index is 10.6. The number of thiophene rings is 1. The van der Waals surface area contributed by atoms with Crippen molar-refractivity contribution in [3.8, 4) is 0 Å². The van der Waals surface area contributed by atoms with Gasteiger partial charge in [0, 0.05) is 28.9 Å². The molecule has 0 aliphatic carbocycles. The molecule has 0 atom stereocenters. The standard InChI is InChI=1S/C14H11N3O3S/c18-17(19)14-6-11(9-21-14)7-15-13-8-16(10-20-13)12-4-2-1-3-5-12/h1-9H,10H2/b15-7+. The highest BCUT2D eigenvalue weighted by Gasteiger charge is 2.14. The number of nitro groups is 1. The van der Waals surface area contributed by atoms with Crippen molar-refractivity contribution in [3.63, 3.8) is 0 Å². The number of hydrogen-bond donors (Lipinski definition) is 0. The molecule has 0 amide bonds. The average molecular weight is 301 g/mol. The second-order valence-electron chi connectivity index (χ2n) is 4.28. The summed E-state index contributed by atoms with van der Waals surface area (Å²) in [5, 5.41) is 12.4. The van der Waals surface area contributed by atoms with Crippen LogP contribution in [0.25, 0.3) is 0 Å². The van der Waals surface area contributed by atoms with Crippen LogP contribution in [0.5, 0.6) is 0 Å². The van der Waals surface area contributed by atoms with E-state index >= 15 is 0 Å². The van der Waals surface area contributed by atoms with Crippen LogP contribution in [-0.4, -0.2) is 17.9 Å². The highest BCUT2D eigenvalue weighted by atomic mass is 32.1. The predicted octanol–water partition coefficient (Wildman–Crippen LogP) is 3.37. The fourth-order valence-corrected chi connectivity index (χ4v) is 2.50. The van der Waals surface area contributed by atoms with E-state index in [0.29, 0.717) is 18.2 Å². The number of benzene rings is 1. The third-order valence-electron chi connectivity index (χ3n) is 2.83. The van der Waals surface area contributed by atoms with Crippen LogP contribution < -0.4 is 4.90 Å². The lowest BCUT2D eigenvalue weighted by Crippen LogP contribution is -2.12. The van der Waals surface area contributed by atoms with Crippen molar-refractivity contribution in [2.75, 3.05) is 11.6 Å². The van der Waals surface area contributed by atoms with Gasteiger partial charge in [0.25, 0.3) is 0 Å². The Bertz CT molecular complexity index is 709. The number of nitrogens with zero attached hydrogens (tertiary/aromatic N) is 3. The molecule has 106 valence electrons. The van der Waals surface area contributed by atoms with Crippen molar-refractivity contribution in [1.82, 2.24) is 0 Å². The fourth-order valence-electron chi connectivity index (χ4n) is 1.82. The molecule has 0 bridgehead atoms. The SMILES string of the molecule is O=[N+]([O-])c1cc(/C=N/C2=CN(c3ccccc3)CO2)cs1. The lowest BCUT2D eigenvalue weighted by molar-refractivity contribution is -0.380. The molecule has 0 unspecified atom stereocenters. The van der Waals surface area contributed by atoms with Crippen molar-refractivity contribution in [1.29, 1.82) is 0 Å². The van der Waals surface area contributed by atoms with Gasteiger partial charge in [-0.15, -0.1) is 0 Å². The van der Waals surface area contributed by atoms with Crippen LogP contribution in [0.15, 0.2) is 58.9 Å². The minimum absolute atomic E-state index is 0.101. The van der Waals surface area contributed by atoms with Gasteiger partial charge in [-0.3, -0.25) is 10.1 Å². The van der Waals surface area contributed by atoms with E-state index in [1.54, 1.807) is 17.8 Å². The van der Waals surface area contributed by atoms with Crippen LogP contribution in [0, 0.1) is 10.1 Å². The molecule has 1 aromatic heterocycles. The van der Waals surface area contributed by atoms with Gasteiger partial charge in [0.1, 0.15) is 0 Å². The van der Waals surface area contributed by atoms with Gasteiger partial charge >= 0.3 is 5.00 Å². The Labute approximate surface area is 124 Å². The molecular weight excluding hydrogens is 290 g/mol. The molecule has 1 aromatic carbocycles. The molecule has 2 heterocycles. The molecule has 3 rings (SSSR count). The van der Waals surface area contributed by atoms with Crippen LogP contribution in [0.3, 0.4) is 0 Å². The van der Waals surface area contributed by atoms with E-state index in [4.69, 9.17) is 4.74 Å². The maximum atomic E-state index is 10.6.